The number of carbonyl (C=O) groups excluding carboxylic acids is 1. The van der Waals surface area contributed by atoms with Gasteiger partial charge in [0.2, 0.25) is 0 Å². The topological polar surface area (TPSA) is 60.4 Å². The Morgan fingerprint density at radius 1 is 1.43 bits per heavy atom. The number of carboxylic acid groups (broad SMARTS) is 1. The molecule has 0 spiro atoms. The summed E-state index contributed by atoms with van der Waals surface area (Å²) in [7, 11) is 0. The number of rotatable bonds is 1. The molecule has 2 aliphatic carbocycles. The van der Waals surface area contributed by atoms with Crippen molar-refractivity contribution in [2.75, 3.05) is 0 Å². The molecule has 2 bridgehead atoms. The van der Waals surface area contributed by atoms with E-state index in [1.807, 2.05) is 6.92 Å². The molecule has 2 unspecified atom stereocenters. The molecule has 14 heavy (non-hydrogen) atoms. The van der Waals surface area contributed by atoms with Crippen LogP contribution in [0.2, 0.25) is 0 Å². The van der Waals surface area contributed by atoms with Gasteiger partial charge in [0.1, 0.15) is 0 Å². The van der Waals surface area contributed by atoms with E-state index >= 15 is 0 Å². The summed E-state index contributed by atoms with van der Waals surface area (Å²) in [5.41, 5.74) is -0.334. The molecule has 4 atom stereocenters. The van der Waals surface area contributed by atoms with Gasteiger partial charge in [0, 0.05) is 11.9 Å². The van der Waals surface area contributed by atoms with Crippen LogP contribution in [0.15, 0.2) is 0 Å². The minimum Gasteiger partial charge on any atom is -0.550 e. The summed E-state index contributed by atoms with van der Waals surface area (Å²) >= 11 is 0. The minimum atomic E-state index is -1.08. The van der Waals surface area contributed by atoms with E-state index in [4.69, 9.17) is 0 Å². The Morgan fingerprint density at radius 2 is 2.00 bits per heavy atom. The first-order chi connectivity index (χ1) is 6.32. The summed E-state index contributed by atoms with van der Waals surface area (Å²) in [4.78, 5) is 11.0. The molecule has 3 heteroatoms. The van der Waals surface area contributed by atoms with Gasteiger partial charge in [0.15, 0.2) is 0 Å². The molecular weight excluding hydrogens is 180 g/mol. The number of fused-ring (bicyclic) bond motifs is 2. The summed E-state index contributed by atoms with van der Waals surface area (Å²) in [6.45, 7) is 6.13. The van der Waals surface area contributed by atoms with Crippen LogP contribution in [0.4, 0.5) is 0 Å². The molecule has 3 nitrogen and oxygen atoms in total. The molecule has 2 aliphatic rings. The number of carbonyl (C=O) groups is 1. The van der Waals surface area contributed by atoms with Gasteiger partial charge in [-0.1, -0.05) is 20.8 Å². The number of aliphatic hydroxyl groups excluding tert-OH is 1. The van der Waals surface area contributed by atoms with Gasteiger partial charge in [-0.15, -0.1) is 0 Å². The van der Waals surface area contributed by atoms with Crippen molar-refractivity contribution in [2.45, 2.75) is 39.7 Å². The predicted molar refractivity (Wildman–Crippen MR) is 49.1 cm³/mol. The summed E-state index contributed by atoms with van der Waals surface area (Å²) in [5, 5.41) is 21.0. The quantitative estimate of drug-likeness (QED) is 0.652. The standard InChI is InChI=1S/C11H18O3/c1-10(2)6-4-5-11(10,3)8(12)7(6)9(13)14/h6-8,12H,4-5H2,1-3H3,(H,13,14)/p-1/t6?,7-,8+,11?/m0/s1. The van der Waals surface area contributed by atoms with Gasteiger partial charge in [-0.2, -0.15) is 0 Å². The van der Waals surface area contributed by atoms with Crippen molar-refractivity contribution in [2.24, 2.45) is 22.7 Å². The lowest BCUT2D eigenvalue weighted by Gasteiger charge is -2.37. The third-order valence-corrected chi connectivity index (χ3v) is 5.07. The molecule has 0 saturated heterocycles. The number of aliphatic carboxylic acids is 1. The Hall–Kier alpha value is -0.570. The smallest absolute Gasteiger partial charge is 0.0682 e. The zero-order chi connectivity index (χ0) is 10.7. The number of carboxylic acids is 1. The lowest BCUT2D eigenvalue weighted by molar-refractivity contribution is -0.316. The van der Waals surface area contributed by atoms with E-state index in [1.165, 1.54) is 0 Å². The number of aliphatic hydroxyl groups is 1. The first-order valence-electron chi connectivity index (χ1n) is 5.21. The van der Waals surface area contributed by atoms with Crippen LogP contribution in [0.1, 0.15) is 33.6 Å². The number of hydrogen-bond acceptors (Lipinski definition) is 3. The first-order valence-corrected chi connectivity index (χ1v) is 5.21. The maximum absolute atomic E-state index is 11.0. The van der Waals surface area contributed by atoms with Gasteiger partial charge in [0.05, 0.1) is 6.10 Å². The summed E-state index contributed by atoms with van der Waals surface area (Å²) < 4.78 is 0. The van der Waals surface area contributed by atoms with Crippen molar-refractivity contribution >= 4 is 5.97 Å². The Morgan fingerprint density at radius 3 is 2.29 bits per heavy atom. The summed E-state index contributed by atoms with van der Waals surface area (Å²) in [6, 6.07) is 0. The van der Waals surface area contributed by atoms with Gasteiger partial charge in [0.25, 0.3) is 0 Å². The summed E-state index contributed by atoms with van der Waals surface area (Å²) in [5.74, 6) is -1.67. The van der Waals surface area contributed by atoms with Gasteiger partial charge >= 0.3 is 0 Å². The van der Waals surface area contributed by atoms with Crippen molar-refractivity contribution in [1.82, 2.24) is 0 Å². The van der Waals surface area contributed by atoms with Gasteiger partial charge in [-0.05, 0) is 29.6 Å². The molecule has 0 radical (unpaired) electrons. The van der Waals surface area contributed by atoms with Crippen LogP contribution in [0.3, 0.4) is 0 Å². The van der Waals surface area contributed by atoms with E-state index in [0.717, 1.165) is 12.8 Å². The van der Waals surface area contributed by atoms with Crippen molar-refractivity contribution in [3.63, 3.8) is 0 Å². The Kier molecular flexibility index (Phi) is 1.79. The SMILES string of the molecule is CC1(C)C2CCC1(C)[C@H](O)[C@H]2C(=O)[O-]. The molecule has 2 saturated carbocycles. The third-order valence-electron chi connectivity index (χ3n) is 5.07. The lowest BCUT2D eigenvalue weighted by atomic mass is 9.70. The zero-order valence-electron chi connectivity index (χ0n) is 8.91. The predicted octanol–water partition coefficient (Wildman–Crippen LogP) is 0.170. The molecular formula is C11H17O3-. The third kappa shape index (κ3) is 0.842. The average Bonchev–Trinajstić information content (AvgIpc) is 2.35. The molecule has 0 aromatic heterocycles. The molecule has 2 rings (SSSR count). The molecule has 2 fully saturated rings. The Balaban J connectivity index is 2.44. The van der Waals surface area contributed by atoms with Gasteiger partial charge in [-0.25, -0.2) is 0 Å². The second-order valence-corrected chi connectivity index (χ2v) is 5.57. The monoisotopic (exact) mass is 197 g/mol. The lowest BCUT2D eigenvalue weighted by Crippen LogP contribution is -2.44. The highest BCUT2D eigenvalue weighted by Gasteiger charge is 2.66. The van der Waals surface area contributed by atoms with Crippen LogP contribution >= 0.6 is 0 Å². The van der Waals surface area contributed by atoms with E-state index in [-0.39, 0.29) is 16.7 Å². The molecule has 0 aromatic carbocycles. The molecule has 0 aromatic rings. The highest BCUT2D eigenvalue weighted by atomic mass is 16.4. The van der Waals surface area contributed by atoms with Crippen LogP contribution in [0, 0.1) is 22.7 Å². The van der Waals surface area contributed by atoms with Crippen molar-refractivity contribution in [3.8, 4) is 0 Å². The fraction of sp³-hybridized carbons (Fsp3) is 0.909. The maximum atomic E-state index is 11.0. The second-order valence-electron chi connectivity index (χ2n) is 5.57. The Labute approximate surface area is 84.1 Å². The molecule has 80 valence electrons. The van der Waals surface area contributed by atoms with E-state index in [2.05, 4.69) is 13.8 Å². The van der Waals surface area contributed by atoms with Crippen molar-refractivity contribution in [3.05, 3.63) is 0 Å². The van der Waals surface area contributed by atoms with Gasteiger partial charge < -0.3 is 15.0 Å². The van der Waals surface area contributed by atoms with E-state index in [0.29, 0.717) is 0 Å². The Bertz CT molecular complexity index is 284. The minimum absolute atomic E-state index is 0.0764. The van der Waals surface area contributed by atoms with E-state index in [1.54, 1.807) is 0 Å². The van der Waals surface area contributed by atoms with Crippen LogP contribution in [0.25, 0.3) is 0 Å². The highest BCUT2D eigenvalue weighted by molar-refractivity contribution is 5.70. The summed E-state index contributed by atoms with van der Waals surface area (Å²) in [6.07, 6.45) is 1.09. The van der Waals surface area contributed by atoms with Crippen LogP contribution in [-0.4, -0.2) is 17.2 Å². The van der Waals surface area contributed by atoms with E-state index < -0.39 is 18.0 Å². The largest absolute Gasteiger partial charge is 0.550 e. The highest BCUT2D eigenvalue weighted by Crippen LogP contribution is 2.67. The molecule has 0 amide bonds. The average molecular weight is 197 g/mol. The van der Waals surface area contributed by atoms with Crippen molar-refractivity contribution < 1.29 is 15.0 Å². The first kappa shape index (κ1) is 9.97. The zero-order valence-corrected chi connectivity index (χ0v) is 8.91. The van der Waals surface area contributed by atoms with Crippen LogP contribution in [-0.2, 0) is 4.79 Å². The fourth-order valence-corrected chi connectivity index (χ4v) is 3.63. The van der Waals surface area contributed by atoms with Crippen molar-refractivity contribution in [1.29, 1.82) is 0 Å². The molecule has 0 heterocycles. The van der Waals surface area contributed by atoms with E-state index in [9.17, 15) is 15.0 Å². The van der Waals surface area contributed by atoms with Gasteiger partial charge in [-0.3, -0.25) is 0 Å². The number of hydrogen-bond donors (Lipinski definition) is 1. The van der Waals surface area contributed by atoms with Crippen LogP contribution < -0.4 is 5.11 Å². The van der Waals surface area contributed by atoms with Crippen LogP contribution in [0.5, 0.6) is 0 Å². The normalized spacial score (nSPS) is 49.6. The fourth-order valence-electron chi connectivity index (χ4n) is 3.63. The maximum Gasteiger partial charge on any atom is 0.0682 e. The second kappa shape index (κ2) is 2.51. The molecule has 1 N–H and O–H groups in total. The molecule has 0 aliphatic heterocycles.